The van der Waals surface area contributed by atoms with Crippen molar-refractivity contribution in [1.82, 2.24) is 9.80 Å². The van der Waals surface area contributed by atoms with Gasteiger partial charge in [0.05, 0.1) is 6.04 Å². The topological polar surface area (TPSA) is 49.6 Å². The lowest BCUT2D eigenvalue weighted by molar-refractivity contribution is -0.135. The van der Waals surface area contributed by atoms with Gasteiger partial charge < -0.3 is 10.6 Å². The van der Waals surface area contributed by atoms with Crippen LogP contribution in [0.25, 0.3) is 0 Å². The van der Waals surface area contributed by atoms with Crippen molar-refractivity contribution in [2.75, 3.05) is 26.2 Å². The van der Waals surface area contributed by atoms with Crippen LogP contribution in [-0.2, 0) is 11.3 Å². The summed E-state index contributed by atoms with van der Waals surface area (Å²) in [6, 6.07) is 7.52. The van der Waals surface area contributed by atoms with E-state index in [9.17, 15) is 4.79 Å². The van der Waals surface area contributed by atoms with Crippen LogP contribution >= 0.6 is 24.0 Å². The summed E-state index contributed by atoms with van der Waals surface area (Å²) in [7, 11) is 0. The number of hydrogen-bond donors (Lipinski definition) is 1. The van der Waals surface area contributed by atoms with Gasteiger partial charge in [0.25, 0.3) is 0 Å². The van der Waals surface area contributed by atoms with Crippen molar-refractivity contribution in [3.63, 3.8) is 0 Å². The van der Waals surface area contributed by atoms with Crippen LogP contribution in [0.15, 0.2) is 24.3 Å². The van der Waals surface area contributed by atoms with E-state index >= 15 is 0 Å². The average Bonchev–Trinajstić information content (AvgIpc) is 2.49. The summed E-state index contributed by atoms with van der Waals surface area (Å²) in [5, 5.41) is 0.804. The van der Waals surface area contributed by atoms with Gasteiger partial charge in [-0.25, -0.2) is 0 Å². The molecular weight excluding hydrogens is 321 g/mol. The maximum Gasteiger partial charge on any atom is 0.239 e. The molecule has 1 fully saturated rings. The number of piperazine rings is 1. The van der Waals surface area contributed by atoms with Crippen LogP contribution in [0.2, 0.25) is 5.02 Å². The van der Waals surface area contributed by atoms with Crippen LogP contribution in [-0.4, -0.2) is 47.9 Å². The molecule has 0 aliphatic carbocycles. The minimum absolute atomic E-state index is 0. The largest absolute Gasteiger partial charge is 0.339 e. The van der Waals surface area contributed by atoms with Crippen LogP contribution in [0.3, 0.4) is 0 Å². The van der Waals surface area contributed by atoms with E-state index in [0.717, 1.165) is 43.3 Å². The minimum Gasteiger partial charge on any atom is -0.339 e. The smallest absolute Gasteiger partial charge is 0.239 e. The number of carbonyl (C=O) groups is 1. The molecule has 2 N–H and O–H groups in total. The van der Waals surface area contributed by atoms with Crippen molar-refractivity contribution in [1.29, 1.82) is 0 Å². The monoisotopic (exact) mass is 345 g/mol. The second-order valence-corrected chi connectivity index (χ2v) is 6.37. The standard InChI is InChI=1S/C16H24ClN3O.ClH/c1-12(2)15(18)16(21)20-9-7-19(8-10-20)11-13-5-3-4-6-14(13)17;/h3-6,12,15H,7-11,18H2,1-2H3;1H/t15-;/m0./s1. The van der Waals surface area contributed by atoms with Crippen molar-refractivity contribution in [3.8, 4) is 0 Å². The summed E-state index contributed by atoms with van der Waals surface area (Å²) in [4.78, 5) is 16.4. The lowest BCUT2D eigenvalue weighted by Crippen LogP contribution is -2.54. The number of halogens is 2. The van der Waals surface area contributed by atoms with Crippen LogP contribution in [0, 0.1) is 5.92 Å². The molecule has 1 atom stereocenters. The number of nitrogens with two attached hydrogens (primary N) is 1. The van der Waals surface area contributed by atoms with Crippen LogP contribution in [0.1, 0.15) is 19.4 Å². The quantitative estimate of drug-likeness (QED) is 0.911. The fourth-order valence-electron chi connectivity index (χ4n) is 2.49. The van der Waals surface area contributed by atoms with Crippen LogP contribution in [0.4, 0.5) is 0 Å². The van der Waals surface area contributed by atoms with Crippen LogP contribution in [0.5, 0.6) is 0 Å². The lowest BCUT2D eigenvalue weighted by atomic mass is 10.0. The predicted molar refractivity (Wildman–Crippen MR) is 93.4 cm³/mol. The Morgan fingerprint density at radius 2 is 1.82 bits per heavy atom. The molecule has 0 radical (unpaired) electrons. The van der Waals surface area contributed by atoms with Crippen molar-refractivity contribution in [3.05, 3.63) is 34.9 Å². The fourth-order valence-corrected chi connectivity index (χ4v) is 2.69. The maximum atomic E-state index is 12.2. The van der Waals surface area contributed by atoms with Crippen molar-refractivity contribution < 1.29 is 4.79 Å². The molecule has 1 amide bonds. The highest BCUT2D eigenvalue weighted by molar-refractivity contribution is 6.31. The molecule has 22 heavy (non-hydrogen) atoms. The molecule has 1 aromatic carbocycles. The van der Waals surface area contributed by atoms with Gasteiger partial charge in [-0.15, -0.1) is 12.4 Å². The summed E-state index contributed by atoms with van der Waals surface area (Å²) >= 11 is 6.19. The highest BCUT2D eigenvalue weighted by Crippen LogP contribution is 2.18. The molecule has 124 valence electrons. The zero-order valence-electron chi connectivity index (χ0n) is 13.2. The Morgan fingerprint density at radius 1 is 1.23 bits per heavy atom. The van der Waals surface area contributed by atoms with Crippen molar-refractivity contribution in [2.24, 2.45) is 11.7 Å². The minimum atomic E-state index is -0.389. The highest BCUT2D eigenvalue weighted by atomic mass is 35.5. The molecule has 4 nitrogen and oxygen atoms in total. The lowest BCUT2D eigenvalue weighted by Gasteiger charge is -2.36. The Balaban J connectivity index is 0.00000242. The van der Waals surface area contributed by atoms with E-state index in [1.807, 2.05) is 36.9 Å². The third kappa shape index (κ3) is 4.85. The number of nitrogens with zero attached hydrogens (tertiary/aromatic N) is 2. The molecule has 0 saturated carbocycles. The van der Waals surface area contributed by atoms with E-state index in [0.29, 0.717) is 0 Å². The first-order valence-corrected chi connectivity index (χ1v) is 7.87. The summed E-state index contributed by atoms with van der Waals surface area (Å²) in [6.07, 6.45) is 0. The molecule has 1 aromatic rings. The third-order valence-corrected chi connectivity index (χ3v) is 4.41. The number of amides is 1. The van der Waals surface area contributed by atoms with Gasteiger partial charge in [-0.05, 0) is 17.5 Å². The fraction of sp³-hybridized carbons (Fsp3) is 0.562. The molecule has 0 bridgehead atoms. The number of carbonyl (C=O) groups excluding carboxylic acids is 1. The highest BCUT2D eigenvalue weighted by Gasteiger charge is 2.26. The van der Waals surface area contributed by atoms with Gasteiger partial charge >= 0.3 is 0 Å². The maximum absolute atomic E-state index is 12.2. The van der Waals surface area contributed by atoms with Gasteiger partial charge in [0.1, 0.15) is 0 Å². The zero-order valence-corrected chi connectivity index (χ0v) is 14.7. The van der Waals surface area contributed by atoms with Crippen molar-refractivity contribution in [2.45, 2.75) is 26.4 Å². The zero-order chi connectivity index (χ0) is 15.4. The normalized spacial score (nSPS) is 17.2. The number of benzene rings is 1. The van der Waals surface area contributed by atoms with Gasteiger partial charge in [-0.3, -0.25) is 9.69 Å². The van der Waals surface area contributed by atoms with Gasteiger partial charge in [-0.2, -0.15) is 0 Å². The number of hydrogen-bond acceptors (Lipinski definition) is 3. The first kappa shape index (κ1) is 19.2. The SMILES string of the molecule is CC(C)[C@H](N)C(=O)N1CCN(Cc2ccccc2Cl)CC1.Cl. The second-order valence-electron chi connectivity index (χ2n) is 5.96. The molecule has 1 aliphatic heterocycles. The number of rotatable bonds is 4. The molecule has 1 heterocycles. The predicted octanol–water partition coefficient (Wildman–Crippen LogP) is 2.39. The van der Waals surface area contributed by atoms with Gasteiger partial charge in [0.15, 0.2) is 0 Å². The van der Waals surface area contributed by atoms with E-state index < -0.39 is 0 Å². The summed E-state index contributed by atoms with van der Waals surface area (Å²) in [5.41, 5.74) is 7.08. The Kier molecular flexibility index (Phi) is 7.63. The molecule has 0 unspecified atom stereocenters. The van der Waals surface area contributed by atoms with Gasteiger partial charge in [-0.1, -0.05) is 43.6 Å². The average molecular weight is 346 g/mol. The third-order valence-electron chi connectivity index (χ3n) is 4.04. The second kappa shape index (κ2) is 8.73. The molecule has 6 heteroatoms. The van der Waals surface area contributed by atoms with E-state index in [1.165, 1.54) is 0 Å². The Hall–Kier alpha value is -0.810. The first-order valence-electron chi connectivity index (χ1n) is 7.49. The molecular formula is C16H25Cl2N3O. The van der Waals surface area contributed by atoms with Crippen LogP contribution < -0.4 is 5.73 Å². The molecule has 0 aromatic heterocycles. The van der Waals surface area contributed by atoms with Crippen molar-refractivity contribution >= 4 is 29.9 Å². The first-order chi connectivity index (χ1) is 9.99. The molecule has 1 saturated heterocycles. The molecule has 1 aliphatic rings. The Bertz CT molecular complexity index is 488. The van der Waals surface area contributed by atoms with E-state index in [4.69, 9.17) is 17.3 Å². The van der Waals surface area contributed by atoms with Gasteiger partial charge in [0.2, 0.25) is 5.91 Å². The van der Waals surface area contributed by atoms with E-state index in [2.05, 4.69) is 11.0 Å². The van der Waals surface area contributed by atoms with Gasteiger partial charge in [0, 0.05) is 37.7 Å². The summed E-state index contributed by atoms with van der Waals surface area (Å²) in [6.45, 7) is 8.00. The van der Waals surface area contributed by atoms with E-state index in [-0.39, 0.29) is 30.3 Å². The Morgan fingerprint density at radius 3 is 2.36 bits per heavy atom. The molecule has 2 rings (SSSR count). The Labute approximate surface area is 144 Å². The summed E-state index contributed by atoms with van der Waals surface area (Å²) < 4.78 is 0. The molecule has 0 spiro atoms. The summed E-state index contributed by atoms with van der Waals surface area (Å²) in [5.74, 6) is 0.251. The van der Waals surface area contributed by atoms with E-state index in [1.54, 1.807) is 0 Å².